The lowest BCUT2D eigenvalue weighted by molar-refractivity contribution is 0.0988. The Balaban J connectivity index is 1.40. The maximum absolute atomic E-state index is 12.4. The first-order valence-corrected chi connectivity index (χ1v) is 11.1. The molecule has 33 heavy (non-hydrogen) atoms. The number of aromatic nitrogens is 1. The van der Waals surface area contributed by atoms with Gasteiger partial charge in [-0.15, -0.1) is 0 Å². The van der Waals surface area contributed by atoms with Crippen molar-refractivity contribution in [1.82, 2.24) is 10.2 Å². The number of anilines is 1. The summed E-state index contributed by atoms with van der Waals surface area (Å²) in [4.78, 5) is 24.4. The second-order valence-corrected chi connectivity index (χ2v) is 8.00. The molecule has 0 fully saturated rings. The molecule has 10 heteroatoms. The fourth-order valence-corrected chi connectivity index (χ4v) is 4.00. The van der Waals surface area contributed by atoms with Crippen LogP contribution in [0.3, 0.4) is 0 Å². The summed E-state index contributed by atoms with van der Waals surface area (Å²) < 4.78 is 15.5. The quantitative estimate of drug-likeness (QED) is 0.534. The van der Waals surface area contributed by atoms with Crippen LogP contribution >= 0.6 is 11.8 Å². The molecule has 0 saturated heterocycles. The number of rotatable bonds is 8. The van der Waals surface area contributed by atoms with Gasteiger partial charge in [0.15, 0.2) is 11.5 Å². The Hall–Kier alpha value is -3.79. The van der Waals surface area contributed by atoms with Crippen molar-refractivity contribution < 1.29 is 23.6 Å². The van der Waals surface area contributed by atoms with Crippen LogP contribution in [0.1, 0.15) is 21.7 Å². The van der Waals surface area contributed by atoms with E-state index in [1.54, 1.807) is 26.4 Å². The smallest absolute Gasteiger partial charge is 0.302 e. The van der Waals surface area contributed by atoms with Crippen molar-refractivity contribution in [3.63, 3.8) is 0 Å². The fourth-order valence-electron chi connectivity index (χ4n) is 3.23. The molecule has 9 nitrogen and oxygen atoms in total. The molecule has 1 aliphatic rings. The molecule has 2 amide bonds. The van der Waals surface area contributed by atoms with E-state index >= 15 is 0 Å². The Labute approximate surface area is 194 Å². The first-order chi connectivity index (χ1) is 16.1. The zero-order valence-corrected chi connectivity index (χ0v) is 18.9. The van der Waals surface area contributed by atoms with Gasteiger partial charge < -0.3 is 19.3 Å². The molecule has 0 aliphatic carbocycles. The van der Waals surface area contributed by atoms with Crippen LogP contribution in [0.2, 0.25) is 0 Å². The standard InChI is InChI=1S/C23H22N4O5S/c1-30-19-8-5-16(13-21(19)31-2)18-14-33-23(29)27(26-18)12-10-15-3-6-17(7-4-15)25-22(28)20-9-11-24-32-20/h3-9,11,13H,10,12,14H2,1-2H3,(H,25,28). The van der Waals surface area contributed by atoms with Gasteiger partial charge >= 0.3 is 5.24 Å². The van der Waals surface area contributed by atoms with Gasteiger partial charge in [0.25, 0.3) is 5.91 Å². The summed E-state index contributed by atoms with van der Waals surface area (Å²) in [7, 11) is 3.17. The fraction of sp³-hybridized carbons (Fsp3) is 0.217. The Morgan fingerprint density at radius 3 is 2.61 bits per heavy atom. The molecular formula is C23H22N4O5S. The van der Waals surface area contributed by atoms with E-state index in [0.717, 1.165) is 16.8 Å². The van der Waals surface area contributed by atoms with Gasteiger partial charge in [-0.3, -0.25) is 9.59 Å². The molecule has 3 aromatic rings. The number of ether oxygens (including phenoxy) is 2. The van der Waals surface area contributed by atoms with E-state index in [-0.39, 0.29) is 16.9 Å². The van der Waals surface area contributed by atoms with Gasteiger partial charge in [0.05, 0.1) is 26.1 Å². The predicted molar refractivity (Wildman–Crippen MR) is 125 cm³/mol. The molecule has 1 aliphatic heterocycles. The van der Waals surface area contributed by atoms with E-state index in [4.69, 9.17) is 14.0 Å². The summed E-state index contributed by atoms with van der Waals surface area (Å²) in [5, 5.41) is 12.2. The van der Waals surface area contributed by atoms with Crippen LogP contribution in [-0.2, 0) is 6.42 Å². The van der Waals surface area contributed by atoms with Gasteiger partial charge in [-0.1, -0.05) is 29.1 Å². The molecule has 170 valence electrons. The average Bonchev–Trinajstić information content (AvgIpc) is 3.39. The number of carbonyl (C=O) groups excluding carboxylic acids is 2. The summed E-state index contributed by atoms with van der Waals surface area (Å²) in [6.07, 6.45) is 2.03. The molecule has 2 aromatic carbocycles. The number of hydrogen-bond donors (Lipinski definition) is 1. The predicted octanol–water partition coefficient (Wildman–Crippen LogP) is 4.06. The molecule has 0 unspecified atom stereocenters. The number of benzene rings is 2. The SMILES string of the molecule is COc1ccc(C2=NN(CCc3ccc(NC(=O)c4ccno4)cc3)C(=O)SC2)cc1OC. The van der Waals surface area contributed by atoms with Gasteiger partial charge in [0.1, 0.15) is 0 Å². The third kappa shape index (κ3) is 5.35. The normalized spacial score (nSPS) is 13.5. The Morgan fingerprint density at radius 1 is 1.12 bits per heavy atom. The summed E-state index contributed by atoms with van der Waals surface area (Å²) in [5.74, 6) is 1.52. The first kappa shape index (κ1) is 22.4. The van der Waals surface area contributed by atoms with Crippen molar-refractivity contribution in [1.29, 1.82) is 0 Å². The zero-order valence-electron chi connectivity index (χ0n) is 18.1. The highest BCUT2D eigenvalue weighted by Crippen LogP contribution is 2.29. The molecule has 4 rings (SSSR count). The van der Waals surface area contributed by atoms with Crippen molar-refractivity contribution in [2.45, 2.75) is 6.42 Å². The Kier molecular flexibility index (Phi) is 6.94. The van der Waals surface area contributed by atoms with Gasteiger partial charge in [-0.25, -0.2) is 5.01 Å². The molecule has 0 bridgehead atoms. The van der Waals surface area contributed by atoms with Crippen LogP contribution < -0.4 is 14.8 Å². The van der Waals surface area contributed by atoms with Crippen molar-refractivity contribution in [2.24, 2.45) is 5.10 Å². The summed E-state index contributed by atoms with van der Waals surface area (Å²) in [6, 6.07) is 14.5. The van der Waals surface area contributed by atoms with E-state index in [9.17, 15) is 9.59 Å². The highest BCUT2D eigenvalue weighted by molar-refractivity contribution is 8.14. The monoisotopic (exact) mass is 466 g/mol. The van der Waals surface area contributed by atoms with Crippen LogP contribution in [0, 0.1) is 0 Å². The lowest BCUT2D eigenvalue weighted by Crippen LogP contribution is -2.31. The summed E-state index contributed by atoms with van der Waals surface area (Å²) >= 11 is 1.22. The van der Waals surface area contributed by atoms with E-state index in [1.165, 1.54) is 29.0 Å². The molecule has 1 N–H and O–H groups in total. The molecule has 0 atom stereocenters. The highest BCUT2D eigenvalue weighted by atomic mass is 32.2. The second kappa shape index (κ2) is 10.2. The molecule has 0 saturated carbocycles. The third-order valence-corrected chi connectivity index (χ3v) is 5.86. The van der Waals surface area contributed by atoms with E-state index in [2.05, 4.69) is 15.6 Å². The summed E-state index contributed by atoms with van der Waals surface area (Å²) in [5.41, 5.74) is 3.33. The van der Waals surface area contributed by atoms with Crippen molar-refractivity contribution in [3.8, 4) is 11.5 Å². The minimum atomic E-state index is -0.367. The van der Waals surface area contributed by atoms with Crippen molar-refractivity contribution in [2.75, 3.05) is 31.8 Å². The second-order valence-electron chi connectivity index (χ2n) is 7.07. The van der Waals surface area contributed by atoms with Crippen LogP contribution in [0.25, 0.3) is 0 Å². The van der Waals surface area contributed by atoms with Gasteiger partial charge in [-0.05, 0) is 42.3 Å². The largest absolute Gasteiger partial charge is 0.493 e. The van der Waals surface area contributed by atoms with E-state index in [1.807, 2.05) is 30.3 Å². The molecular weight excluding hydrogens is 444 g/mol. The third-order valence-electron chi connectivity index (χ3n) is 4.99. The number of hydrogen-bond acceptors (Lipinski definition) is 8. The zero-order chi connectivity index (χ0) is 23.2. The number of amides is 2. The van der Waals surface area contributed by atoms with Crippen LogP contribution in [-0.4, -0.2) is 53.5 Å². The maximum atomic E-state index is 12.4. The van der Waals surface area contributed by atoms with Crippen LogP contribution in [0.5, 0.6) is 11.5 Å². The van der Waals surface area contributed by atoms with E-state index < -0.39 is 0 Å². The van der Waals surface area contributed by atoms with Gasteiger partial charge in [-0.2, -0.15) is 5.10 Å². The first-order valence-electron chi connectivity index (χ1n) is 10.1. The maximum Gasteiger partial charge on any atom is 0.302 e. The molecule has 2 heterocycles. The van der Waals surface area contributed by atoms with Gasteiger partial charge in [0, 0.05) is 29.6 Å². The minimum Gasteiger partial charge on any atom is -0.493 e. The van der Waals surface area contributed by atoms with Crippen LogP contribution in [0.4, 0.5) is 10.5 Å². The van der Waals surface area contributed by atoms with Crippen LogP contribution in [0.15, 0.2) is 64.4 Å². The average molecular weight is 467 g/mol. The number of nitrogens with one attached hydrogen (secondary N) is 1. The molecule has 0 radical (unpaired) electrons. The lowest BCUT2D eigenvalue weighted by Gasteiger charge is -2.23. The van der Waals surface area contributed by atoms with E-state index in [0.29, 0.717) is 35.9 Å². The minimum absolute atomic E-state index is 0.0878. The highest BCUT2D eigenvalue weighted by Gasteiger charge is 2.22. The number of thioether (sulfide) groups is 1. The van der Waals surface area contributed by atoms with Gasteiger partial charge in [0.2, 0.25) is 5.76 Å². The molecule has 0 spiro atoms. The topological polar surface area (TPSA) is 106 Å². The summed E-state index contributed by atoms with van der Waals surface area (Å²) in [6.45, 7) is 0.437. The number of carbonyl (C=O) groups is 2. The molecule has 1 aromatic heterocycles. The van der Waals surface area contributed by atoms with Crippen molar-refractivity contribution >= 4 is 34.3 Å². The lowest BCUT2D eigenvalue weighted by atomic mass is 10.1. The number of hydrazone groups is 1. The Bertz CT molecular complexity index is 1160. The number of methoxy groups -OCH3 is 2. The number of nitrogens with zero attached hydrogens (tertiary/aromatic N) is 3. The Morgan fingerprint density at radius 2 is 1.91 bits per heavy atom. The van der Waals surface area contributed by atoms with Crippen molar-refractivity contribution in [3.05, 3.63) is 71.6 Å².